The van der Waals surface area contributed by atoms with Gasteiger partial charge in [-0.25, -0.2) is 4.79 Å². The van der Waals surface area contributed by atoms with Crippen LogP contribution in [0.3, 0.4) is 0 Å². The number of methoxy groups -OCH3 is 1. The van der Waals surface area contributed by atoms with Crippen LogP contribution in [-0.2, 0) is 14.3 Å². The second-order valence-electron chi connectivity index (χ2n) is 0.594. The average molecular weight is 88.1 g/mol. The van der Waals surface area contributed by atoms with Crippen LogP contribution in [0, 0.1) is 0 Å². The number of ether oxygens (including phenoxy) is 1. The van der Waals surface area contributed by atoms with Crippen LogP contribution in [0.15, 0.2) is 0 Å². The van der Waals surface area contributed by atoms with Crippen LogP contribution < -0.4 is 0 Å². The van der Waals surface area contributed by atoms with E-state index < -0.39 is 5.97 Å². The molecule has 0 bridgehead atoms. The summed E-state index contributed by atoms with van der Waals surface area (Å²) in [6.07, 6.45) is 1.00. The van der Waals surface area contributed by atoms with Gasteiger partial charge in [0.1, 0.15) is 0 Å². The molecule has 0 saturated carbocycles. The van der Waals surface area contributed by atoms with E-state index >= 15 is 0 Å². The molecule has 0 rings (SSSR count). The van der Waals surface area contributed by atoms with Crippen molar-refractivity contribution < 1.29 is 15.8 Å². The van der Waals surface area contributed by atoms with Crippen molar-refractivity contribution in [1.82, 2.24) is 0 Å². The van der Waals surface area contributed by atoms with Crippen molar-refractivity contribution in [3.8, 4) is 0 Å². The number of carbonyl (C=O) groups excluding carboxylic acids is 2. The zero-order chi connectivity index (χ0) is 4.99. The fourth-order valence-corrected chi connectivity index (χ4v) is 0.0417. The van der Waals surface area contributed by atoms with Crippen LogP contribution in [0.5, 0.6) is 0 Å². The van der Waals surface area contributed by atoms with E-state index in [9.17, 15) is 4.79 Å². The Bertz CT molecular complexity index is 70.6. The van der Waals surface area contributed by atoms with E-state index in [0.29, 0.717) is 0 Å². The fraction of sp³-hybridized carbons (Fsp3) is 0.333. The Labute approximate surface area is 36.4 Å². The lowest BCUT2D eigenvalue weighted by Crippen LogP contribution is -1.98. The van der Waals surface area contributed by atoms with Gasteiger partial charge >= 0.3 is 13.7 Å². The first-order valence-electron chi connectivity index (χ1n) is 1.27. The number of hydrogen-bond acceptors (Lipinski definition) is 3. The van der Waals surface area contributed by atoms with Crippen molar-refractivity contribution in [2.75, 3.05) is 7.11 Å². The zero-order valence-electron chi connectivity index (χ0n) is 4.22. The first-order chi connectivity index (χ1) is 2.81. The molecular weight excluding hydrogens is 84.0 g/mol. The number of rotatable bonds is 1. The summed E-state index contributed by atoms with van der Waals surface area (Å²) >= 11 is 0. The van der Waals surface area contributed by atoms with Crippen molar-refractivity contribution in [3.63, 3.8) is 0 Å². The summed E-state index contributed by atoms with van der Waals surface area (Å²) in [6.45, 7) is 0. The van der Waals surface area contributed by atoms with Gasteiger partial charge in [-0.05, 0) is 0 Å². The third-order valence-corrected chi connectivity index (χ3v) is 0.269. The Morgan fingerprint density at radius 2 is 2.50 bits per heavy atom. The van der Waals surface area contributed by atoms with E-state index in [0.717, 1.165) is 13.4 Å². The first-order valence-corrected chi connectivity index (χ1v) is 1.27. The smallest absolute Gasteiger partial charge is 0.463 e. The molecule has 0 saturated heterocycles. The third kappa shape index (κ3) is 1.46. The molecule has 1 radical (unpaired) electrons. The lowest BCUT2D eigenvalue weighted by Gasteiger charge is -1.78. The van der Waals surface area contributed by atoms with Gasteiger partial charge in [0.15, 0.2) is 0 Å². The van der Waals surface area contributed by atoms with Crippen LogP contribution in [0.2, 0.25) is 0 Å². The summed E-state index contributed by atoms with van der Waals surface area (Å²) in [5, 5.41) is 0. The summed E-state index contributed by atoms with van der Waals surface area (Å²) in [5.41, 5.74) is 0. The third-order valence-electron chi connectivity index (χ3n) is 0.269. The van der Waals surface area contributed by atoms with Crippen molar-refractivity contribution >= 4 is 12.3 Å². The summed E-state index contributed by atoms with van der Waals surface area (Å²) < 4.78 is 3.84. The largest absolute Gasteiger partial charge is 1.00 e. The highest BCUT2D eigenvalue weighted by Gasteiger charge is 1.91. The highest BCUT2D eigenvalue weighted by atomic mass is 16.5. The van der Waals surface area contributed by atoms with Crippen LogP contribution in [0.4, 0.5) is 0 Å². The van der Waals surface area contributed by atoms with Crippen LogP contribution in [-0.4, -0.2) is 19.4 Å². The molecule has 6 heavy (non-hydrogen) atoms. The van der Waals surface area contributed by atoms with Crippen molar-refractivity contribution in [2.24, 2.45) is 0 Å². The molecule has 0 amide bonds. The second kappa shape index (κ2) is 2.38. The molecule has 0 aliphatic carbocycles. The van der Waals surface area contributed by atoms with Gasteiger partial charge in [-0.1, -0.05) is 0 Å². The predicted octanol–water partition coefficient (Wildman–Crippen LogP) is -0.618. The van der Waals surface area contributed by atoms with Gasteiger partial charge in [-0.15, -0.1) is 0 Å². The Balaban J connectivity index is 0. The normalized spacial score (nSPS) is 6.83. The van der Waals surface area contributed by atoms with E-state index in [-0.39, 0.29) is 1.43 Å². The number of hydrogen-bond donors (Lipinski definition) is 0. The lowest BCUT2D eigenvalue weighted by molar-refractivity contribution is -0.132. The van der Waals surface area contributed by atoms with Gasteiger partial charge < -0.3 is 4.74 Å². The molecule has 0 aromatic carbocycles. The Morgan fingerprint density at radius 3 is 2.50 bits per heavy atom. The first kappa shape index (κ1) is 5.14. The molecular formula is C3H4O3+. The molecule has 0 spiro atoms. The van der Waals surface area contributed by atoms with E-state index in [1.54, 1.807) is 0 Å². The van der Waals surface area contributed by atoms with Gasteiger partial charge in [0.05, 0.1) is 7.11 Å². The molecule has 0 heterocycles. The predicted molar refractivity (Wildman–Crippen MR) is 18.8 cm³/mol. The highest BCUT2D eigenvalue weighted by Crippen LogP contribution is 1.58. The molecule has 0 N–H and O–H groups in total. The molecule has 0 fully saturated rings. The second-order valence-corrected chi connectivity index (χ2v) is 0.594. The maximum absolute atomic E-state index is 9.53. The van der Waals surface area contributed by atoms with Gasteiger partial charge in [-0.2, -0.15) is 0 Å². The molecule has 0 unspecified atom stereocenters. The molecule has 0 aromatic heterocycles. The SMILES string of the molecule is COC(=O)[C]=O.[H+]. The van der Waals surface area contributed by atoms with Gasteiger partial charge in [0.25, 0.3) is 0 Å². The van der Waals surface area contributed by atoms with Crippen LogP contribution >= 0.6 is 0 Å². The van der Waals surface area contributed by atoms with Crippen molar-refractivity contribution in [2.45, 2.75) is 0 Å². The average Bonchev–Trinajstić information content (AvgIpc) is 1.65. The minimum absolute atomic E-state index is 0. The molecule has 0 aromatic rings. The van der Waals surface area contributed by atoms with Crippen LogP contribution in [0.1, 0.15) is 1.43 Å². The maximum atomic E-state index is 9.53. The topological polar surface area (TPSA) is 43.4 Å². The van der Waals surface area contributed by atoms with Gasteiger partial charge in [0.2, 0.25) is 0 Å². The quantitative estimate of drug-likeness (QED) is 0.317. The number of carbonyl (C=O) groups is 1. The highest BCUT2D eigenvalue weighted by molar-refractivity contribution is 6.20. The zero-order valence-corrected chi connectivity index (χ0v) is 3.22. The minimum atomic E-state index is -0.963. The molecule has 3 heteroatoms. The number of esters is 1. The van der Waals surface area contributed by atoms with Gasteiger partial charge in [-0.3, -0.25) is 4.79 Å². The molecule has 0 aliphatic rings. The summed E-state index contributed by atoms with van der Waals surface area (Å²) in [6, 6.07) is 0. The Kier molecular flexibility index (Phi) is 2.04. The van der Waals surface area contributed by atoms with E-state index in [1.807, 2.05) is 0 Å². The monoisotopic (exact) mass is 88.0 g/mol. The summed E-state index contributed by atoms with van der Waals surface area (Å²) in [4.78, 5) is 18.7. The van der Waals surface area contributed by atoms with Crippen molar-refractivity contribution in [3.05, 3.63) is 0 Å². The molecule has 0 aliphatic heterocycles. The Hall–Kier alpha value is -0.860. The fourth-order valence-electron chi connectivity index (χ4n) is 0.0417. The van der Waals surface area contributed by atoms with E-state index in [2.05, 4.69) is 4.74 Å². The van der Waals surface area contributed by atoms with Gasteiger partial charge in [0, 0.05) is 0 Å². The van der Waals surface area contributed by atoms with Crippen molar-refractivity contribution in [1.29, 1.82) is 0 Å². The standard InChI is InChI=1S/C3H3O3/c1-6-3(5)2-4/h1H3/p+1. The Morgan fingerprint density at radius 1 is 2.00 bits per heavy atom. The van der Waals surface area contributed by atoms with E-state index in [4.69, 9.17) is 4.79 Å². The maximum Gasteiger partial charge on any atom is 1.00 e. The van der Waals surface area contributed by atoms with E-state index in [1.165, 1.54) is 0 Å². The minimum Gasteiger partial charge on any atom is -0.463 e. The van der Waals surface area contributed by atoms with Crippen LogP contribution in [0.25, 0.3) is 0 Å². The molecule has 0 atom stereocenters. The summed E-state index contributed by atoms with van der Waals surface area (Å²) in [5.74, 6) is -0.963. The summed E-state index contributed by atoms with van der Waals surface area (Å²) in [7, 11) is 1.12. The molecule has 3 nitrogen and oxygen atoms in total. The molecule has 33 valence electrons. The lowest BCUT2D eigenvalue weighted by atomic mass is 10.8.